The van der Waals surface area contributed by atoms with Gasteiger partial charge < -0.3 is 14.4 Å². The number of methoxy groups -OCH3 is 1. The van der Waals surface area contributed by atoms with E-state index in [0.717, 1.165) is 29.8 Å². The second-order valence-electron chi connectivity index (χ2n) is 4.17. The maximum atomic E-state index is 11.0. The van der Waals surface area contributed by atoms with Gasteiger partial charge in [0, 0.05) is 20.3 Å². The Hall–Kier alpha value is -1.88. The van der Waals surface area contributed by atoms with Gasteiger partial charge in [-0.15, -0.1) is 0 Å². The van der Waals surface area contributed by atoms with Gasteiger partial charge in [0.15, 0.2) is 0 Å². The minimum atomic E-state index is -0.917. The molecule has 5 nitrogen and oxygen atoms in total. The van der Waals surface area contributed by atoms with Gasteiger partial charge in [0.2, 0.25) is 0 Å². The highest BCUT2D eigenvalue weighted by molar-refractivity contribution is 5.92. The van der Waals surface area contributed by atoms with E-state index >= 15 is 0 Å². The van der Waals surface area contributed by atoms with Crippen LogP contribution >= 0.6 is 0 Å². The molecule has 0 radical (unpaired) electrons. The molecule has 0 fully saturated rings. The lowest BCUT2D eigenvalue weighted by atomic mass is 10.2. The summed E-state index contributed by atoms with van der Waals surface area (Å²) in [5.74, 6) is -0.0252. The van der Waals surface area contributed by atoms with E-state index < -0.39 is 5.97 Å². The van der Waals surface area contributed by atoms with E-state index in [1.54, 1.807) is 25.3 Å². The minimum absolute atomic E-state index is 0.287. The molecule has 0 unspecified atom stereocenters. The lowest BCUT2D eigenvalue weighted by Gasteiger charge is -2.06. The average Bonchev–Trinajstić information content (AvgIpc) is 2.65. The summed E-state index contributed by atoms with van der Waals surface area (Å²) in [6, 6.07) is 5.00. The van der Waals surface area contributed by atoms with Crippen LogP contribution in [0.5, 0.6) is 0 Å². The predicted molar refractivity (Wildman–Crippen MR) is 67.9 cm³/mol. The van der Waals surface area contributed by atoms with Gasteiger partial charge in [-0.3, -0.25) is 0 Å². The molecule has 96 valence electrons. The van der Waals surface area contributed by atoms with Gasteiger partial charge in [-0.1, -0.05) is 0 Å². The normalized spacial score (nSPS) is 11.0. The zero-order valence-corrected chi connectivity index (χ0v) is 10.5. The number of ether oxygens (including phenoxy) is 1. The summed E-state index contributed by atoms with van der Waals surface area (Å²) < 4.78 is 7.05. The fraction of sp³-hybridized carbons (Fsp3) is 0.385. The minimum Gasteiger partial charge on any atom is -0.478 e. The van der Waals surface area contributed by atoms with E-state index in [1.807, 2.05) is 11.5 Å². The molecule has 5 heteroatoms. The van der Waals surface area contributed by atoms with Gasteiger partial charge in [0.25, 0.3) is 0 Å². The number of carboxylic acid groups (broad SMARTS) is 1. The first-order chi connectivity index (χ1) is 8.63. The standard InChI is InChI=1S/C13H16N2O3/c1-9-14-11-5-4-10(13(16)17)8-12(11)15(9)6-3-7-18-2/h4-5,8H,3,6-7H2,1-2H3,(H,16,17). The number of nitrogens with zero attached hydrogens (tertiary/aromatic N) is 2. The van der Waals surface area contributed by atoms with E-state index in [4.69, 9.17) is 9.84 Å². The molecule has 0 amide bonds. The van der Waals surface area contributed by atoms with Gasteiger partial charge in [-0.05, 0) is 31.5 Å². The number of fused-ring (bicyclic) bond motifs is 1. The molecule has 2 aromatic rings. The van der Waals surface area contributed by atoms with Crippen LogP contribution in [0.15, 0.2) is 18.2 Å². The Morgan fingerprint density at radius 2 is 2.28 bits per heavy atom. The van der Waals surface area contributed by atoms with E-state index in [1.165, 1.54) is 0 Å². The Bertz CT molecular complexity index is 575. The highest BCUT2D eigenvalue weighted by atomic mass is 16.5. The fourth-order valence-corrected chi connectivity index (χ4v) is 2.03. The lowest BCUT2D eigenvalue weighted by molar-refractivity contribution is 0.0697. The molecule has 1 heterocycles. The van der Waals surface area contributed by atoms with Crippen LogP contribution < -0.4 is 0 Å². The first kappa shape index (κ1) is 12.6. The van der Waals surface area contributed by atoms with E-state index in [9.17, 15) is 4.79 Å². The summed E-state index contributed by atoms with van der Waals surface area (Å²) in [6.07, 6.45) is 0.875. The van der Waals surface area contributed by atoms with Crippen molar-refractivity contribution in [1.82, 2.24) is 9.55 Å². The summed E-state index contributed by atoms with van der Waals surface area (Å²) in [4.78, 5) is 15.4. The van der Waals surface area contributed by atoms with Gasteiger partial charge in [0.05, 0.1) is 16.6 Å². The largest absolute Gasteiger partial charge is 0.478 e. The monoisotopic (exact) mass is 248 g/mol. The Morgan fingerprint density at radius 1 is 1.50 bits per heavy atom. The number of carboxylic acids is 1. The van der Waals surface area contributed by atoms with Gasteiger partial charge in [-0.25, -0.2) is 9.78 Å². The topological polar surface area (TPSA) is 64.4 Å². The Kier molecular flexibility index (Phi) is 3.62. The number of imidazole rings is 1. The fourth-order valence-electron chi connectivity index (χ4n) is 2.03. The predicted octanol–water partition coefficient (Wildman–Crippen LogP) is 2.08. The molecule has 1 N–H and O–H groups in total. The van der Waals surface area contributed by atoms with Gasteiger partial charge in [-0.2, -0.15) is 0 Å². The van der Waals surface area contributed by atoms with E-state index in [0.29, 0.717) is 6.61 Å². The Balaban J connectivity index is 2.40. The van der Waals surface area contributed by atoms with Crippen LogP contribution in [0.1, 0.15) is 22.6 Å². The summed E-state index contributed by atoms with van der Waals surface area (Å²) >= 11 is 0. The SMILES string of the molecule is COCCCn1c(C)nc2ccc(C(=O)O)cc21. The molecule has 0 saturated heterocycles. The molecule has 0 bridgehead atoms. The molecule has 0 saturated carbocycles. The third-order valence-electron chi connectivity index (χ3n) is 2.92. The maximum Gasteiger partial charge on any atom is 0.335 e. The quantitative estimate of drug-likeness (QED) is 0.823. The highest BCUT2D eigenvalue weighted by Gasteiger charge is 2.10. The van der Waals surface area contributed by atoms with Crippen LogP contribution in [0.2, 0.25) is 0 Å². The molecule has 0 aliphatic heterocycles. The third kappa shape index (κ3) is 2.36. The van der Waals surface area contributed by atoms with Crippen molar-refractivity contribution in [2.45, 2.75) is 19.9 Å². The third-order valence-corrected chi connectivity index (χ3v) is 2.92. The van der Waals surface area contributed by atoms with Crippen LogP contribution in [0, 0.1) is 6.92 Å². The Morgan fingerprint density at radius 3 is 2.94 bits per heavy atom. The second-order valence-corrected chi connectivity index (χ2v) is 4.17. The summed E-state index contributed by atoms with van der Waals surface area (Å²) in [5.41, 5.74) is 1.98. The smallest absolute Gasteiger partial charge is 0.335 e. The maximum absolute atomic E-state index is 11.0. The van der Waals surface area contributed by atoms with Crippen LogP contribution in [0.3, 0.4) is 0 Å². The lowest BCUT2D eigenvalue weighted by Crippen LogP contribution is -2.04. The Labute approximate surface area is 105 Å². The van der Waals surface area contributed by atoms with Crippen molar-refractivity contribution >= 4 is 17.0 Å². The van der Waals surface area contributed by atoms with Crippen LogP contribution in [0.4, 0.5) is 0 Å². The summed E-state index contributed by atoms with van der Waals surface area (Å²) in [7, 11) is 1.67. The molecular weight excluding hydrogens is 232 g/mol. The highest BCUT2D eigenvalue weighted by Crippen LogP contribution is 2.18. The van der Waals surface area contributed by atoms with E-state index in [2.05, 4.69) is 4.98 Å². The number of aromatic carboxylic acids is 1. The zero-order chi connectivity index (χ0) is 13.1. The molecule has 1 aromatic carbocycles. The number of carbonyl (C=O) groups is 1. The van der Waals surface area contributed by atoms with Crippen molar-refractivity contribution in [3.05, 3.63) is 29.6 Å². The van der Waals surface area contributed by atoms with Crippen molar-refractivity contribution in [2.75, 3.05) is 13.7 Å². The molecule has 0 spiro atoms. The number of benzene rings is 1. The summed E-state index contributed by atoms with van der Waals surface area (Å²) in [6.45, 7) is 3.38. The van der Waals surface area contributed by atoms with Crippen molar-refractivity contribution in [2.24, 2.45) is 0 Å². The average molecular weight is 248 g/mol. The first-order valence-corrected chi connectivity index (χ1v) is 5.82. The molecule has 0 aliphatic rings. The van der Waals surface area contributed by atoms with Crippen LogP contribution in [-0.4, -0.2) is 34.3 Å². The molecule has 2 rings (SSSR count). The molecule has 0 aliphatic carbocycles. The first-order valence-electron chi connectivity index (χ1n) is 5.82. The van der Waals surface area contributed by atoms with Crippen molar-refractivity contribution in [1.29, 1.82) is 0 Å². The van der Waals surface area contributed by atoms with Crippen molar-refractivity contribution in [3.8, 4) is 0 Å². The number of aromatic nitrogens is 2. The molecule has 0 atom stereocenters. The number of rotatable bonds is 5. The molecular formula is C13H16N2O3. The van der Waals surface area contributed by atoms with Crippen molar-refractivity contribution < 1.29 is 14.6 Å². The number of aryl methyl sites for hydroxylation is 2. The second kappa shape index (κ2) is 5.18. The molecule has 18 heavy (non-hydrogen) atoms. The van der Waals surface area contributed by atoms with Crippen LogP contribution in [0.25, 0.3) is 11.0 Å². The van der Waals surface area contributed by atoms with E-state index in [-0.39, 0.29) is 5.56 Å². The zero-order valence-electron chi connectivity index (χ0n) is 10.5. The van der Waals surface area contributed by atoms with Gasteiger partial charge in [0.1, 0.15) is 5.82 Å². The summed E-state index contributed by atoms with van der Waals surface area (Å²) in [5, 5.41) is 9.01. The number of hydrogen-bond acceptors (Lipinski definition) is 3. The van der Waals surface area contributed by atoms with Gasteiger partial charge >= 0.3 is 5.97 Å². The number of hydrogen-bond donors (Lipinski definition) is 1. The van der Waals surface area contributed by atoms with Crippen LogP contribution in [-0.2, 0) is 11.3 Å². The molecule has 1 aromatic heterocycles. The van der Waals surface area contributed by atoms with Crippen molar-refractivity contribution in [3.63, 3.8) is 0 Å².